The molecule has 0 saturated carbocycles. The highest BCUT2D eigenvalue weighted by Crippen LogP contribution is 2.13. The summed E-state index contributed by atoms with van der Waals surface area (Å²) in [6, 6.07) is 7.69. The van der Waals surface area contributed by atoms with Gasteiger partial charge in [0, 0.05) is 9.83 Å². The first-order valence-electron chi connectivity index (χ1n) is 2.80. The average molecular weight is 266 g/mol. The molecule has 10 heavy (non-hydrogen) atoms. The highest BCUT2D eigenvalue weighted by atomic mass is 127. The average Bonchev–Trinajstić information content (AvgIpc) is 1.88. The van der Waals surface area contributed by atoms with Crippen molar-refractivity contribution in [1.29, 1.82) is 0 Å². The largest absolute Gasteiger partial charge is 0.255 e. The second-order valence-electron chi connectivity index (χ2n) is 1.88. The number of benzene rings is 1. The molecule has 0 aromatic heterocycles. The third-order valence-electron chi connectivity index (χ3n) is 1.15. The molecule has 0 bridgehead atoms. The topological polar surface area (TPSA) is 17.1 Å². The van der Waals surface area contributed by atoms with E-state index in [1.165, 1.54) is 0 Å². The molecule has 0 radical (unpaired) electrons. The Morgan fingerprint density at radius 3 is 2.40 bits per heavy atom. The fourth-order valence-electron chi connectivity index (χ4n) is 0.678. The highest BCUT2D eigenvalue weighted by molar-refractivity contribution is 14.1. The van der Waals surface area contributed by atoms with E-state index >= 15 is 0 Å². The Bertz CT molecular complexity index is 260. The van der Waals surface area contributed by atoms with Crippen molar-refractivity contribution in [2.24, 2.45) is 0 Å². The molecular formula is C7H7IOS. The fraction of sp³-hybridized carbons (Fsp3) is 0.143. The van der Waals surface area contributed by atoms with Crippen molar-refractivity contribution < 1.29 is 4.21 Å². The first kappa shape index (κ1) is 8.20. The van der Waals surface area contributed by atoms with Crippen LogP contribution in [0.3, 0.4) is 0 Å². The number of hydrogen-bond donors (Lipinski definition) is 0. The zero-order chi connectivity index (χ0) is 7.56. The minimum atomic E-state index is -0.848. The Balaban J connectivity index is 3.15. The first-order chi connectivity index (χ1) is 4.72. The molecule has 0 aliphatic carbocycles. The third-order valence-corrected chi connectivity index (χ3v) is 3.43. The van der Waals surface area contributed by atoms with Crippen LogP contribution in [0.2, 0.25) is 0 Å². The highest BCUT2D eigenvalue weighted by Gasteiger charge is 1.99. The van der Waals surface area contributed by atoms with E-state index in [9.17, 15) is 4.21 Å². The van der Waals surface area contributed by atoms with Crippen LogP contribution in [0.25, 0.3) is 0 Å². The van der Waals surface area contributed by atoms with Gasteiger partial charge in [0.05, 0.1) is 15.7 Å². The molecule has 0 unspecified atom stereocenters. The SMILES string of the molecule is C[S@](=O)c1ccccc1I. The van der Waals surface area contributed by atoms with Gasteiger partial charge in [0.2, 0.25) is 0 Å². The van der Waals surface area contributed by atoms with Crippen LogP contribution < -0.4 is 0 Å². The molecule has 1 aromatic rings. The monoisotopic (exact) mass is 266 g/mol. The molecule has 1 nitrogen and oxygen atoms in total. The molecule has 0 amide bonds. The van der Waals surface area contributed by atoms with E-state index in [2.05, 4.69) is 22.6 Å². The Hall–Kier alpha value is 0.100. The molecule has 3 heteroatoms. The van der Waals surface area contributed by atoms with Gasteiger partial charge in [-0.1, -0.05) is 12.1 Å². The minimum Gasteiger partial charge on any atom is -0.255 e. The molecule has 0 aliphatic heterocycles. The summed E-state index contributed by atoms with van der Waals surface area (Å²) in [6.07, 6.45) is 1.69. The van der Waals surface area contributed by atoms with Crippen molar-refractivity contribution >= 4 is 33.4 Å². The summed E-state index contributed by atoms with van der Waals surface area (Å²) in [6.45, 7) is 0. The second-order valence-corrected chi connectivity index (χ2v) is 4.39. The number of rotatable bonds is 1. The lowest BCUT2D eigenvalue weighted by Gasteiger charge is -1.96. The molecule has 0 aliphatic rings. The van der Waals surface area contributed by atoms with Gasteiger partial charge in [0.1, 0.15) is 0 Å². The molecule has 0 spiro atoms. The smallest absolute Gasteiger partial charge is 0.0518 e. The van der Waals surface area contributed by atoms with Gasteiger partial charge in [-0.05, 0) is 34.7 Å². The zero-order valence-electron chi connectivity index (χ0n) is 5.50. The Kier molecular flexibility index (Phi) is 2.85. The number of halogens is 1. The Labute approximate surface area is 76.4 Å². The molecule has 0 fully saturated rings. The van der Waals surface area contributed by atoms with E-state index in [4.69, 9.17) is 0 Å². The van der Waals surface area contributed by atoms with E-state index < -0.39 is 10.8 Å². The van der Waals surface area contributed by atoms with Crippen LogP contribution in [-0.2, 0) is 10.8 Å². The summed E-state index contributed by atoms with van der Waals surface area (Å²) < 4.78 is 12.0. The van der Waals surface area contributed by atoms with E-state index in [0.717, 1.165) is 8.47 Å². The Morgan fingerprint density at radius 2 is 2.00 bits per heavy atom. The molecule has 54 valence electrons. The van der Waals surface area contributed by atoms with Crippen molar-refractivity contribution in [3.05, 3.63) is 27.8 Å². The zero-order valence-corrected chi connectivity index (χ0v) is 8.48. The Morgan fingerprint density at radius 1 is 1.40 bits per heavy atom. The van der Waals surface area contributed by atoms with Crippen LogP contribution in [0.5, 0.6) is 0 Å². The van der Waals surface area contributed by atoms with Crippen LogP contribution in [-0.4, -0.2) is 10.5 Å². The summed E-state index contributed by atoms with van der Waals surface area (Å²) in [5.74, 6) is 0. The van der Waals surface area contributed by atoms with Gasteiger partial charge in [-0.25, -0.2) is 0 Å². The van der Waals surface area contributed by atoms with Crippen molar-refractivity contribution in [2.75, 3.05) is 6.26 Å². The molecule has 1 rings (SSSR count). The predicted molar refractivity (Wildman–Crippen MR) is 51.5 cm³/mol. The van der Waals surface area contributed by atoms with E-state index in [-0.39, 0.29) is 0 Å². The molecule has 1 atom stereocenters. The summed E-state index contributed by atoms with van der Waals surface area (Å²) in [5, 5.41) is 0. The second kappa shape index (κ2) is 3.48. The lowest BCUT2D eigenvalue weighted by molar-refractivity contribution is 0.686. The normalized spacial score (nSPS) is 13.0. The summed E-state index contributed by atoms with van der Waals surface area (Å²) in [4.78, 5) is 0.920. The number of hydrogen-bond acceptors (Lipinski definition) is 1. The maximum absolute atomic E-state index is 11.0. The third kappa shape index (κ3) is 1.79. The quantitative estimate of drug-likeness (QED) is 0.711. The fourth-order valence-corrected chi connectivity index (χ4v) is 2.61. The van der Waals surface area contributed by atoms with Gasteiger partial charge < -0.3 is 0 Å². The lowest BCUT2D eigenvalue weighted by atomic mass is 10.4. The molecular weight excluding hydrogens is 259 g/mol. The first-order valence-corrected chi connectivity index (χ1v) is 5.43. The van der Waals surface area contributed by atoms with Crippen molar-refractivity contribution in [3.63, 3.8) is 0 Å². The van der Waals surface area contributed by atoms with Gasteiger partial charge in [0.15, 0.2) is 0 Å². The molecule has 0 heterocycles. The van der Waals surface area contributed by atoms with Gasteiger partial charge >= 0.3 is 0 Å². The van der Waals surface area contributed by atoms with Crippen LogP contribution in [0.4, 0.5) is 0 Å². The van der Waals surface area contributed by atoms with Gasteiger partial charge in [-0.2, -0.15) is 0 Å². The maximum Gasteiger partial charge on any atom is 0.0518 e. The summed E-state index contributed by atoms with van der Waals surface area (Å²) >= 11 is 2.18. The van der Waals surface area contributed by atoms with Crippen molar-refractivity contribution in [1.82, 2.24) is 0 Å². The summed E-state index contributed by atoms with van der Waals surface area (Å²) in [7, 11) is -0.848. The van der Waals surface area contributed by atoms with Gasteiger partial charge in [-0.3, -0.25) is 4.21 Å². The molecule has 0 N–H and O–H groups in total. The van der Waals surface area contributed by atoms with Crippen molar-refractivity contribution in [2.45, 2.75) is 4.90 Å². The van der Waals surface area contributed by atoms with Gasteiger partial charge in [0.25, 0.3) is 0 Å². The van der Waals surface area contributed by atoms with Crippen LogP contribution in [0.1, 0.15) is 0 Å². The van der Waals surface area contributed by atoms with Crippen molar-refractivity contribution in [3.8, 4) is 0 Å². The van der Waals surface area contributed by atoms with E-state index in [0.29, 0.717) is 0 Å². The predicted octanol–water partition coefficient (Wildman–Crippen LogP) is 2.03. The van der Waals surface area contributed by atoms with Crippen LogP contribution >= 0.6 is 22.6 Å². The van der Waals surface area contributed by atoms with Crippen LogP contribution in [0, 0.1) is 3.57 Å². The minimum absolute atomic E-state index is 0.848. The van der Waals surface area contributed by atoms with E-state index in [1.807, 2.05) is 24.3 Å². The van der Waals surface area contributed by atoms with E-state index in [1.54, 1.807) is 6.26 Å². The molecule has 0 saturated heterocycles. The lowest BCUT2D eigenvalue weighted by Crippen LogP contribution is -1.89. The maximum atomic E-state index is 11.0. The molecule has 1 aromatic carbocycles. The standard InChI is InChI=1S/C7H7IOS/c1-10(9)7-5-3-2-4-6(7)8/h2-5H,1H3/t10-/m0/s1. The van der Waals surface area contributed by atoms with Gasteiger partial charge in [-0.15, -0.1) is 0 Å². The van der Waals surface area contributed by atoms with Crippen LogP contribution in [0.15, 0.2) is 29.2 Å². The summed E-state index contributed by atoms with van der Waals surface area (Å²) in [5.41, 5.74) is 0.